The summed E-state index contributed by atoms with van der Waals surface area (Å²) in [6.45, 7) is 13.9. The Morgan fingerprint density at radius 1 is 1.12 bits per heavy atom. The first kappa shape index (κ1) is 15.3. The molecule has 0 saturated carbocycles. The van der Waals surface area contributed by atoms with E-state index in [2.05, 4.69) is 50.2 Å². The minimum atomic E-state index is 0.431. The second kappa shape index (κ2) is 8.43. The highest BCUT2D eigenvalue weighted by Gasteiger charge is 2.08. The Kier molecular flexibility index (Phi) is 8.04. The van der Waals surface area contributed by atoms with Gasteiger partial charge in [-0.3, -0.25) is 4.99 Å². The first-order chi connectivity index (χ1) is 7.49. The normalized spacial score (nSPS) is 12.7. The first-order valence-electron chi connectivity index (χ1n) is 6.51. The minimum absolute atomic E-state index is 0.431. The van der Waals surface area contributed by atoms with Crippen LogP contribution in [-0.2, 0) is 0 Å². The summed E-state index contributed by atoms with van der Waals surface area (Å²) in [6.07, 6.45) is 3.53. The topological polar surface area (TPSA) is 36.4 Å². The summed E-state index contributed by atoms with van der Waals surface area (Å²) < 4.78 is 0. The van der Waals surface area contributed by atoms with Crippen molar-refractivity contribution in [3.05, 3.63) is 0 Å². The summed E-state index contributed by atoms with van der Waals surface area (Å²) in [7, 11) is 0. The predicted octanol–water partition coefficient (Wildman–Crippen LogP) is 2.78. The van der Waals surface area contributed by atoms with Crippen LogP contribution in [0.3, 0.4) is 0 Å². The van der Waals surface area contributed by atoms with Gasteiger partial charge in [0.15, 0.2) is 5.96 Å². The molecule has 0 spiro atoms. The molecule has 0 heterocycles. The Hall–Kier alpha value is -0.730. The van der Waals surface area contributed by atoms with E-state index in [1.807, 2.05) is 0 Å². The SMILES string of the molecule is CCCN=C(NCC)NCCCC(C)(C)C. The third-order valence-electron chi connectivity index (χ3n) is 2.23. The van der Waals surface area contributed by atoms with Crippen LogP contribution < -0.4 is 10.6 Å². The zero-order valence-corrected chi connectivity index (χ0v) is 11.7. The average molecular weight is 227 g/mol. The van der Waals surface area contributed by atoms with Crippen molar-refractivity contribution in [1.82, 2.24) is 10.6 Å². The summed E-state index contributed by atoms with van der Waals surface area (Å²) in [6, 6.07) is 0. The molecule has 2 N–H and O–H groups in total. The van der Waals surface area contributed by atoms with Crippen molar-refractivity contribution in [3.63, 3.8) is 0 Å². The Bertz CT molecular complexity index is 192. The molecule has 0 unspecified atom stereocenters. The lowest BCUT2D eigenvalue weighted by molar-refractivity contribution is 0.365. The second-order valence-electron chi connectivity index (χ2n) is 5.35. The molecule has 0 atom stereocenters. The van der Waals surface area contributed by atoms with E-state index in [9.17, 15) is 0 Å². The number of hydrogen-bond donors (Lipinski definition) is 2. The van der Waals surface area contributed by atoms with E-state index >= 15 is 0 Å². The second-order valence-corrected chi connectivity index (χ2v) is 5.35. The molecule has 16 heavy (non-hydrogen) atoms. The van der Waals surface area contributed by atoms with Crippen LogP contribution in [0.2, 0.25) is 0 Å². The molecule has 0 radical (unpaired) electrons. The zero-order valence-electron chi connectivity index (χ0n) is 11.7. The van der Waals surface area contributed by atoms with Crippen LogP contribution in [0.5, 0.6) is 0 Å². The van der Waals surface area contributed by atoms with Crippen molar-refractivity contribution in [2.45, 2.75) is 53.9 Å². The fourth-order valence-corrected chi connectivity index (χ4v) is 1.39. The van der Waals surface area contributed by atoms with E-state index in [4.69, 9.17) is 0 Å². The minimum Gasteiger partial charge on any atom is -0.357 e. The standard InChI is InChI=1S/C13H29N3/c1-6-10-15-12(14-7-2)16-11-8-9-13(3,4)5/h6-11H2,1-5H3,(H2,14,15,16). The van der Waals surface area contributed by atoms with Gasteiger partial charge in [-0.1, -0.05) is 27.7 Å². The van der Waals surface area contributed by atoms with Crippen molar-refractivity contribution in [2.24, 2.45) is 10.4 Å². The third-order valence-corrected chi connectivity index (χ3v) is 2.23. The molecule has 0 fully saturated rings. The molecule has 0 aliphatic heterocycles. The van der Waals surface area contributed by atoms with Crippen molar-refractivity contribution in [1.29, 1.82) is 0 Å². The highest BCUT2D eigenvalue weighted by Crippen LogP contribution is 2.19. The molecule has 0 rings (SSSR count). The fourth-order valence-electron chi connectivity index (χ4n) is 1.39. The molecule has 0 aliphatic rings. The molecular weight excluding hydrogens is 198 g/mol. The quantitative estimate of drug-likeness (QED) is 0.416. The van der Waals surface area contributed by atoms with E-state index in [0.29, 0.717) is 5.41 Å². The lowest BCUT2D eigenvalue weighted by atomic mass is 9.91. The summed E-state index contributed by atoms with van der Waals surface area (Å²) in [5.41, 5.74) is 0.431. The molecular formula is C13H29N3. The van der Waals surface area contributed by atoms with Gasteiger partial charge >= 0.3 is 0 Å². The number of nitrogens with one attached hydrogen (secondary N) is 2. The van der Waals surface area contributed by atoms with Crippen molar-refractivity contribution >= 4 is 5.96 Å². The molecule has 0 saturated heterocycles. The Morgan fingerprint density at radius 2 is 1.81 bits per heavy atom. The molecule has 0 aromatic rings. The largest absolute Gasteiger partial charge is 0.357 e. The van der Waals surface area contributed by atoms with Gasteiger partial charge in [0.05, 0.1) is 0 Å². The van der Waals surface area contributed by atoms with E-state index in [0.717, 1.165) is 32.0 Å². The van der Waals surface area contributed by atoms with Gasteiger partial charge in [0.2, 0.25) is 0 Å². The van der Waals surface area contributed by atoms with E-state index < -0.39 is 0 Å². The van der Waals surface area contributed by atoms with Crippen LogP contribution in [0.4, 0.5) is 0 Å². The Balaban J connectivity index is 3.76. The van der Waals surface area contributed by atoms with Gasteiger partial charge in [-0.2, -0.15) is 0 Å². The van der Waals surface area contributed by atoms with Crippen LogP contribution in [0.25, 0.3) is 0 Å². The summed E-state index contributed by atoms with van der Waals surface area (Å²) in [5.74, 6) is 0.957. The summed E-state index contributed by atoms with van der Waals surface area (Å²) in [4.78, 5) is 4.46. The fraction of sp³-hybridized carbons (Fsp3) is 0.923. The molecule has 0 amide bonds. The van der Waals surface area contributed by atoms with Crippen LogP contribution in [0.15, 0.2) is 4.99 Å². The van der Waals surface area contributed by atoms with Gasteiger partial charge in [-0.25, -0.2) is 0 Å². The van der Waals surface area contributed by atoms with Crippen molar-refractivity contribution in [3.8, 4) is 0 Å². The zero-order chi connectivity index (χ0) is 12.4. The monoisotopic (exact) mass is 227 g/mol. The molecule has 3 nitrogen and oxygen atoms in total. The number of hydrogen-bond acceptors (Lipinski definition) is 1. The average Bonchev–Trinajstić information content (AvgIpc) is 2.19. The molecule has 0 aliphatic carbocycles. The highest BCUT2D eigenvalue weighted by atomic mass is 15.2. The molecule has 96 valence electrons. The van der Waals surface area contributed by atoms with Gasteiger partial charge in [0.1, 0.15) is 0 Å². The van der Waals surface area contributed by atoms with Gasteiger partial charge in [0, 0.05) is 19.6 Å². The van der Waals surface area contributed by atoms with Crippen LogP contribution in [0, 0.1) is 5.41 Å². The van der Waals surface area contributed by atoms with E-state index in [-0.39, 0.29) is 0 Å². The lowest BCUT2D eigenvalue weighted by Crippen LogP contribution is -2.38. The van der Waals surface area contributed by atoms with Gasteiger partial charge in [0.25, 0.3) is 0 Å². The molecule has 0 bridgehead atoms. The maximum atomic E-state index is 4.46. The third kappa shape index (κ3) is 9.81. The number of guanidine groups is 1. The Labute approximate surface area is 101 Å². The lowest BCUT2D eigenvalue weighted by Gasteiger charge is -2.18. The predicted molar refractivity (Wildman–Crippen MR) is 73.0 cm³/mol. The molecule has 0 aromatic heterocycles. The van der Waals surface area contributed by atoms with Crippen LogP contribution in [0.1, 0.15) is 53.9 Å². The van der Waals surface area contributed by atoms with Crippen LogP contribution in [-0.4, -0.2) is 25.6 Å². The van der Waals surface area contributed by atoms with E-state index in [1.54, 1.807) is 0 Å². The van der Waals surface area contributed by atoms with Crippen molar-refractivity contribution < 1.29 is 0 Å². The highest BCUT2D eigenvalue weighted by molar-refractivity contribution is 5.79. The number of aliphatic imine (C=N–C) groups is 1. The van der Waals surface area contributed by atoms with E-state index in [1.165, 1.54) is 12.8 Å². The summed E-state index contributed by atoms with van der Waals surface area (Å²) in [5, 5.41) is 6.62. The first-order valence-corrected chi connectivity index (χ1v) is 6.51. The van der Waals surface area contributed by atoms with Gasteiger partial charge in [-0.15, -0.1) is 0 Å². The van der Waals surface area contributed by atoms with Crippen LogP contribution >= 0.6 is 0 Å². The Morgan fingerprint density at radius 3 is 2.31 bits per heavy atom. The smallest absolute Gasteiger partial charge is 0.191 e. The maximum absolute atomic E-state index is 4.46. The summed E-state index contributed by atoms with van der Waals surface area (Å²) >= 11 is 0. The number of rotatable bonds is 6. The van der Waals surface area contributed by atoms with Gasteiger partial charge < -0.3 is 10.6 Å². The maximum Gasteiger partial charge on any atom is 0.191 e. The molecule has 0 aromatic carbocycles. The molecule has 3 heteroatoms. The number of nitrogens with zero attached hydrogens (tertiary/aromatic N) is 1. The van der Waals surface area contributed by atoms with Gasteiger partial charge in [-0.05, 0) is 31.6 Å². The van der Waals surface area contributed by atoms with Crippen molar-refractivity contribution in [2.75, 3.05) is 19.6 Å².